The third-order valence-corrected chi connectivity index (χ3v) is 4.94. The van der Waals surface area contributed by atoms with Crippen LogP contribution in [0.2, 0.25) is 0 Å². The fraction of sp³-hybridized carbons (Fsp3) is 0.125. The van der Waals surface area contributed by atoms with Crippen molar-refractivity contribution in [2.24, 2.45) is 0 Å². The number of nitrogens with zero attached hydrogens (tertiary/aromatic N) is 1. The number of carbonyl (C=O) groups is 1. The van der Waals surface area contributed by atoms with Crippen molar-refractivity contribution in [3.05, 3.63) is 51.3 Å². The van der Waals surface area contributed by atoms with Crippen LogP contribution in [0.1, 0.15) is 20.9 Å². The van der Waals surface area contributed by atoms with Crippen molar-refractivity contribution in [1.82, 2.24) is 4.98 Å². The molecule has 0 aliphatic heterocycles. The van der Waals surface area contributed by atoms with Crippen LogP contribution in [-0.4, -0.2) is 10.9 Å². The average Bonchev–Trinajstić information content (AvgIpc) is 2.98. The van der Waals surface area contributed by atoms with Gasteiger partial charge in [-0.25, -0.2) is 26.9 Å². The SMILES string of the molecule is Cc1cc(C(F)(F)F)nc2sc(C(=O)Nc3c(F)c(F)c(F)c(F)c3F)c(N)c12. The summed E-state index contributed by atoms with van der Waals surface area (Å²) >= 11 is 0.364. The summed E-state index contributed by atoms with van der Waals surface area (Å²) in [5.74, 6) is -12.9. The quantitative estimate of drug-likeness (QED) is 0.328. The first-order chi connectivity index (χ1) is 13.3. The number of thiophene rings is 1. The van der Waals surface area contributed by atoms with Crippen LogP contribution >= 0.6 is 11.3 Å². The number of alkyl halides is 3. The highest BCUT2D eigenvalue weighted by atomic mass is 32.1. The van der Waals surface area contributed by atoms with Crippen LogP contribution in [0, 0.1) is 36.0 Å². The number of amides is 1. The van der Waals surface area contributed by atoms with Crippen molar-refractivity contribution in [2.75, 3.05) is 11.1 Å². The summed E-state index contributed by atoms with van der Waals surface area (Å²) in [6.45, 7) is 1.27. The molecule has 1 aromatic carbocycles. The van der Waals surface area contributed by atoms with E-state index < -0.39 is 57.4 Å². The van der Waals surface area contributed by atoms with Gasteiger partial charge >= 0.3 is 6.18 Å². The van der Waals surface area contributed by atoms with Crippen LogP contribution in [0.4, 0.5) is 46.5 Å². The van der Waals surface area contributed by atoms with E-state index in [1.165, 1.54) is 12.2 Å². The van der Waals surface area contributed by atoms with E-state index in [-0.39, 0.29) is 21.5 Å². The normalized spacial score (nSPS) is 11.9. The van der Waals surface area contributed by atoms with E-state index in [4.69, 9.17) is 5.73 Å². The highest BCUT2D eigenvalue weighted by Gasteiger charge is 2.34. The molecule has 0 radical (unpaired) electrons. The lowest BCUT2D eigenvalue weighted by Crippen LogP contribution is -2.17. The first-order valence-corrected chi connectivity index (χ1v) is 8.25. The van der Waals surface area contributed by atoms with Gasteiger partial charge in [0.25, 0.3) is 5.91 Å². The van der Waals surface area contributed by atoms with E-state index in [1.807, 2.05) is 0 Å². The highest BCUT2D eigenvalue weighted by Crippen LogP contribution is 2.39. The first kappa shape index (κ1) is 20.8. The maximum absolute atomic E-state index is 13.7. The molecule has 29 heavy (non-hydrogen) atoms. The maximum Gasteiger partial charge on any atom is 0.433 e. The third kappa shape index (κ3) is 3.34. The Labute approximate surface area is 160 Å². The number of hydrogen-bond acceptors (Lipinski definition) is 4. The van der Waals surface area contributed by atoms with Gasteiger partial charge in [-0.1, -0.05) is 0 Å². The fourth-order valence-corrected chi connectivity index (χ4v) is 3.58. The Balaban J connectivity index is 2.10. The van der Waals surface area contributed by atoms with Gasteiger partial charge in [0, 0.05) is 5.39 Å². The number of pyridine rings is 1. The lowest BCUT2D eigenvalue weighted by atomic mass is 10.1. The van der Waals surface area contributed by atoms with Gasteiger partial charge in [-0.2, -0.15) is 13.2 Å². The van der Waals surface area contributed by atoms with Gasteiger partial charge in [-0.3, -0.25) is 4.79 Å². The van der Waals surface area contributed by atoms with Crippen molar-refractivity contribution in [3.8, 4) is 0 Å². The van der Waals surface area contributed by atoms with Gasteiger partial charge in [0.1, 0.15) is 21.1 Å². The van der Waals surface area contributed by atoms with Crippen molar-refractivity contribution in [1.29, 1.82) is 0 Å². The molecule has 3 rings (SSSR count). The molecule has 2 heterocycles. The van der Waals surface area contributed by atoms with Crippen LogP contribution in [0.3, 0.4) is 0 Å². The molecule has 154 valence electrons. The Morgan fingerprint density at radius 1 is 1.03 bits per heavy atom. The summed E-state index contributed by atoms with van der Waals surface area (Å²) in [6.07, 6.45) is -4.78. The second-order valence-corrected chi connectivity index (χ2v) is 6.75. The van der Waals surface area contributed by atoms with Gasteiger partial charge < -0.3 is 11.1 Å². The molecule has 2 aromatic heterocycles. The minimum absolute atomic E-state index is 0.00874. The average molecular weight is 441 g/mol. The van der Waals surface area contributed by atoms with Crippen molar-refractivity contribution >= 4 is 38.8 Å². The summed E-state index contributed by atoms with van der Waals surface area (Å²) in [4.78, 5) is 14.9. The van der Waals surface area contributed by atoms with Gasteiger partial charge in [-0.05, 0) is 18.6 Å². The number of nitrogens with one attached hydrogen (secondary N) is 1. The van der Waals surface area contributed by atoms with Crippen LogP contribution in [-0.2, 0) is 6.18 Å². The first-order valence-electron chi connectivity index (χ1n) is 7.44. The largest absolute Gasteiger partial charge is 0.433 e. The maximum atomic E-state index is 13.7. The van der Waals surface area contributed by atoms with Crippen LogP contribution in [0.25, 0.3) is 10.2 Å². The smallest absolute Gasteiger partial charge is 0.397 e. The summed E-state index contributed by atoms with van der Waals surface area (Å²) in [7, 11) is 0. The van der Waals surface area contributed by atoms with Crippen LogP contribution in [0.5, 0.6) is 0 Å². The molecule has 0 saturated heterocycles. The molecule has 0 atom stereocenters. The molecule has 1 amide bonds. The molecule has 0 aliphatic rings. The standard InChI is InChI=1S/C16H7F8N3OS/c1-3-2-4(16(22,23)24)26-15-5(3)11(25)13(29-15)14(28)27-12-9(20)7(18)6(17)8(19)10(12)21/h2H,25H2,1H3,(H,27,28). The molecule has 4 nitrogen and oxygen atoms in total. The Morgan fingerprint density at radius 3 is 2.07 bits per heavy atom. The molecule has 3 N–H and O–H groups in total. The van der Waals surface area contributed by atoms with Crippen LogP contribution < -0.4 is 11.1 Å². The minimum atomic E-state index is -4.78. The molecule has 0 bridgehead atoms. The monoisotopic (exact) mass is 441 g/mol. The van der Waals surface area contributed by atoms with E-state index in [0.717, 1.165) is 0 Å². The number of aromatic nitrogens is 1. The predicted molar refractivity (Wildman–Crippen MR) is 88.0 cm³/mol. The second-order valence-electron chi connectivity index (χ2n) is 5.75. The van der Waals surface area contributed by atoms with Gasteiger partial charge in [0.05, 0.1) is 5.69 Å². The zero-order valence-electron chi connectivity index (χ0n) is 13.9. The number of nitrogen functional groups attached to an aromatic ring is 1. The summed E-state index contributed by atoms with van der Waals surface area (Å²) in [6, 6.07) is 0.692. The van der Waals surface area contributed by atoms with Gasteiger partial charge in [-0.15, -0.1) is 11.3 Å². The molecular formula is C16H7F8N3OS. The lowest BCUT2D eigenvalue weighted by Gasteiger charge is -2.09. The Bertz CT molecular complexity index is 1140. The molecule has 0 fully saturated rings. The Kier molecular flexibility index (Phi) is 4.89. The predicted octanol–water partition coefficient (Wildman–Crippen LogP) is 5.15. The molecular weight excluding hydrogens is 434 g/mol. The van der Waals surface area contributed by atoms with E-state index >= 15 is 0 Å². The van der Waals surface area contributed by atoms with Crippen molar-refractivity contribution in [2.45, 2.75) is 13.1 Å². The lowest BCUT2D eigenvalue weighted by molar-refractivity contribution is -0.141. The molecule has 0 unspecified atom stereocenters. The zero-order valence-corrected chi connectivity index (χ0v) is 14.8. The summed E-state index contributed by atoms with van der Waals surface area (Å²) in [5.41, 5.74) is 2.53. The number of hydrogen-bond donors (Lipinski definition) is 2. The number of carbonyl (C=O) groups excluding carboxylic acids is 1. The number of fused-ring (bicyclic) bond motifs is 1. The zero-order chi connectivity index (χ0) is 21.8. The summed E-state index contributed by atoms with van der Waals surface area (Å²) < 4.78 is 106. The highest BCUT2D eigenvalue weighted by molar-refractivity contribution is 7.21. The molecule has 0 saturated carbocycles. The number of aryl methyl sites for hydroxylation is 1. The van der Waals surface area contributed by atoms with E-state index in [9.17, 15) is 39.9 Å². The van der Waals surface area contributed by atoms with Gasteiger partial charge in [0.2, 0.25) is 5.82 Å². The number of halogens is 8. The van der Waals surface area contributed by atoms with E-state index in [1.54, 1.807) is 0 Å². The third-order valence-electron chi connectivity index (χ3n) is 3.84. The van der Waals surface area contributed by atoms with Gasteiger partial charge in [0.15, 0.2) is 23.3 Å². The van der Waals surface area contributed by atoms with Crippen LogP contribution in [0.15, 0.2) is 6.07 Å². The second kappa shape index (κ2) is 6.83. The minimum Gasteiger partial charge on any atom is -0.397 e. The topological polar surface area (TPSA) is 68.0 Å². The van der Waals surface area contributed by atoms with E-state index in [0.29, 0.717) is 17.4 Å². The molecule has 0 spiro atoms. The van der Waals surface area contributed by atoms with Crippen molar-refractivity contribution in [3.63, 3.8) is 0 Å². The fourth-order valence-electron chi connectivity index (χ4n) is 2.51. The van der Waals surface area contributed by atoms with Crippen molar-refractivity contribution < 1.29 is 39.9 Å². The molecule has 3 aromatic rings. The molecule has 13 heteroatoms. The summed E-state index contributed by atoms with van der Waals surface area (Å²) in [5, 5.41) is 1.51. The van der Waals surface area contributed by atoms with E-state index in [2.05, 4.69) is 4.98 Å². The number of anilines is 2. The number of nitrogens with two attached hydrogens (primary N) is 1. The number of benzene rings is 1. The Hall–Kier alpha value is -2.96. The Morgan fingerprint density at radius 2 is 1.55 bits per heavy atom. The molecule has 0 aliphatic carbocycles. The number of rotatable bonds is 2.